The molecule has 2 aromatic heterocycles. The lowest BCUT2D eigenvalue weighted by Gasteiger charge is -2.37. The molecule has 5 nitrogen and oxygen atoms in total. The number of benzene rings is 7. The van der Waals surface area contributed by atoms with Crippen molar-refractivity contribution in [2.45, 2.75) is 11.1 Å². The Morgan fingerprint density at radius 1 is 0.434 bits per heavy atom. The Balaban J connectivity index is 1.35. The van der Waals surface area contributed by atoms with E-state index in [-0.39, 0.29) is 0 Å². The average molecular weight is 684 g/mol. The van der Waals surface area contributed by atoms with Gasteiger partial charge in [0, 0.05) is 17.3 Å². The molecule has 0 unspecified atom stereocenters. The van der Waals surface area contributed by atoms with Crippen molar-refractivity contribution in [3.63, 3.8) is 0 Å². The van der Waals surface area contributed by atoms with E-state index in [4.69, 9.17) is 15.8 Å². The van der Waals surface area contributed by atoms with Crippen molar-refractivity contribution in [1.82, 2.24) is 19.3 Å². The Morgan fingerprint density at radius 3 is 1.21 bits per heavy atom. The topological polar surface area (TPSA) is 61.7 Å². The molecule has 9 rings (SSSR count). The number of nitrogen functional groups attached to an aromatic ring is 1. The molecule has 0 spiro atoms. The van der Waals surface area contributed by atoms with Gasteiger partial charge in [0.1, 0.15) is 22.5 Å². The first-order chi connectivity index (χ1) is 26.2. The molecule has 2 N–H and O–H groups in total. The number of nitrogens with two attached hydrogens (primary N) is 1. The normalized spacial score (nSPS) is 11.8. The van der Waals surface area contributed by atoms with Gasteiger partial charge < -0.3 is 10.3 Å². The fraction of sp³-hybridized carbons (Fsp3) is 0.0417. The van der Waals surface area contributed by atoms with Crippen LogP contribution in [0, 0.1) is 0 Å². The second-order valence-electron chi connectivity index (χ2n) is 13.3. The van der Waals surface area contributed by atoms with Crippen LogP contribution >= 0.6 is 0 Å². The summed E-state index contributed by atoms with van der Waals surface area (Å²) in [4.78, 5) is 5.17. The second-order valence-corrected chi connectivity index (χ2v) is 13.3. The summed E-state index contributed by atoms with van der Waals surface area (Å²) in [6, 6.07) is 69.9. The molecule has 0 saturated heterocycles. The van der Waals surface area contributed by atoms with Crippen LogP contribution in [0.5, 0.6) is 0 Å². The molecule has 5 heteroatoms. The van der Waals surface area contributed by atoms with E-state index in [2.05, 4.69) is 204 Å². The van der Waals surface area contributed by atoms with Crippen molar-refractivity contribution in [3.05, 3.63) is 246 Å². The highest BCUT2D eigenvalue weighted by atomic mass is 15.3. The number of hydrogen-bond donors (Lipinski definition) is 1. The summed E-state index contributed by atoms with van der Waals surface area (Å²) in [6.45, 7) is 0. The van der Waals surface area contributed by atoms with Gasteiger partial charge in [0.2, 0.25) is 0 Å². The van der Waals surface area contributed by atoms with Crippen molar-refractivity contribution < 1.29 is 0 Å². The highest BCUT2D eigenvalue weighted by Gasteiger charge is 2.42. The number of hydrogen-bond acceptors (Lipinski definition) is 3. The van der Waals surface area contributed by atoms with E-state index in [1.807, 2.05) is 18.5 Å². The van der Waals surface area contributed by atoms with Crippen LogP contribution in [0.15, 0.2) is 213 Å². The number of fused-ring (bicyclic) bond motifs is 1. The maximum Gasteiger partial charge on any atom is 0.138 e. The van der Waals surface area contributed by atoms with E-state index in [1.54, 1.807) is 0 Å². The summed E-state index contributed by atoms with van der Waals surface area (Å²) < 4.78 is 4.41. The highest BCUT2D eigenvalue weighted by Crippen LogP contribution is 2.45. The molecule has 0 radical (unpaired) electrons. The Morgan fingerprint density at radius 2 is 0.811 bits per heavy atom. The summed E-state index contributed by atoms with van der Waals surface area (Å²) in [6.07, 6.45) is 4.08. The van der Waals surface area contributed by atoms with Crippen LogP contribution in [0.1, 0.15) is 33.4 Å². The monoisotopic (exact) mass is 683 g/mol. The van der Waals surface area contributed by atoms with Gasteiger partial charge in [0.05, 0.1) is 11.8 Å². The van der Waals surface area contributed by atoms with E-state index in [9.17, 15) is 0 Å². The van der Waals surface area contributed by atoms with Gasteiger partial charge in [0.15, 0.2) is 0 Å². The van der Waals surface area contributed by atoms with Gasteiger partial charge in [-0.1, -0.05) is 182 Å². The van der Waals surface area contributed by atoms with Gasteiger partial charge in [-0.2, -0.15) is 5.10 Å². The Kier molecular flexibility index (Phi) is 8.01. The summed E-state index contributed by atoms with van der Waals surface area (Å²) in [5.41, 5.74) is 14.8. The maximum atomic E-state index is 6.56. The minimum absolute atomic E-state index is 0.662. The van der Waals surface area contributed by atoms with Gasteiger partial charge in [-0.15, -0.1) is 0 Å². The molecule has 0 aliphatic heterocycles. The molecule has 0 aliphatic carbocycles. The lowest BCUT2D eigenvalue weighted by molar-refractivity contribution is 0.477. The molecule has 2 heterocycles. The van der Waals surface area contributed by atoms with Crippen molar-refractivity contribution in [3.8, 4) is 11.4 Å². The Labute approximate surface area is 309 Å². The third kappa shape index (κ3) is 5.16. The van der Waals surface area contributed by atoms with E-state index in [0.29, 0.717) is 5.69 Å². The average Bonchev–Trinajstić information content (AvgIpc) is 3.87. The number of anilines is 1. The van der Waals surface area contributed by atoms with E-state index in [1.165, 1.54) is 0 Å². The molecule has 0 amide bonds. The largest absolute Gasteiger partial charge is 0.399 e. The van der Waals surface area contributed by atoms with Gasteiger partial charge in [-0.05, 0) is 51.6 Å². The number of aromatic nitrogens is 4. The van der Waals surface area contributed by atoms with E-state index in [0.717, 1.165) is 55.7 Å². The van der Waals surface area contributed by atoms with Gasteiger partial charge in [0.25, 0.3) is 0 Å². The van der Waals surface area contributed by atoms with Crippen molar-refractivity contribution >= 4 is 16.6 Å². The van der Waals surface area contributed by atoms with Crippen molar-refractivity contribution in [2.75, 3.05) is 5.73 Å². The summed E-state index contributed by atoms with van der Waals surface area (Å²) in [7, 11) is 0. The summed E-state index contributed by atoms with van der Waals surface area (Å²) in [5, 5.41) is 6.52. The number of imidazole rings is 1. The minimum atomic E-state index is -0.819. The van der Waals surface area contributed by atoms with E-state index < -0.39 is 11.1 Å². The van der Waals surface area contributed by atoms with Crippen LogP contribution in [0.25, 0.3) is 22.3 Å². The Bertz CT molecular complexity index is 2400. The van der Waals surface area contributed by atoms with Crippen molar-refractivity contribution in [2.24, 2.45) is 0 Å². The van der Waals surface area contributed by atoms with Crippen LogP contribution in [0.4, 0.5) is 5.69 Å². The molecule has 7 aromatic carbocycles. The van der Waals surface area contributed by atoms with Crippen molar-refractivity contribution in [1.29, 1.82) is 0 Å². The third-order valence-corrected chi connectivity index (χ3v) is 10.4. The molecule has 0 bridgehead atoms. The van der Waals surface area contributed by atoms with E-state index >= 15 is 0 Å². The fourth-order valence-electron chi connectivity index (χ4n) is 8.10. The van der Waals surface area contributed by atoms with Gasteiger partial charge in [-0.3, -0.25) is 0 Å². The first-order valence-electron chi connectivity index (χ1n) is 17.9. The molecule has 0 atom stereocenters. The van der Waals surface area contributed by atoms with Crippen LogP contribution in [-0.2, 0) is 11.1 Å². The molecule has 0 fully saturated rings. The zero-order valence-corrected chi connectivity index (χ0v) is 29.1. The minimum Gasteiger partial charge on any atom is -0.399 e. The summed E-state index contributed by atoms with van der Waals surface area (Å²) in [5.74, 6) is 0. The van der Waals surface area contributed by atoms with Crippen LogP contribution < -0.4 is 5.73 Å². The maximum absolute atomic E-state index is 6.56. The summed E-state index contributed by atoms with van der Waals surface area (Å²) >= 11 is 0. The second kappa shape index (κ2) is 13.3. The van der Waals surface area contributed by atoms with Gasteiger partial charge >= 0.3 is 0 Å². The van der Waals surface area contributed by atoms with Crippen LogP contribution in [0.3, 0.4) is 0 Å². The predicted molar refractivity (Wildman–Crippen MR) is 215 cm³/mol. The molecule has 254 valence electrons. The lowest BCUT2D eigenvalue weighted by atomic mass is 9.77. The molecule has 0 aliphatic rings. The first kappa shape index (κ1) is 32.0. The smallest absolute Gasteiger partial charge is 0.138 e. The molecule has 9 aromatic rings. The number of rotatable bonds is 9. The molecule has 53 heavy (non-hydrogen) atoms. The molecular formula is C48H37N5. The zero-order chi connectivity index (χ0) is 35.7. The van der Waals surface area contributed by atoms with Gasteiger partial charge in [-0.25, -0.2) is 9.67 Å². The molecular weight excluding hydrogens is 647 g/mol. The third-order valence-electron chi connectivity index (χ3n) is 10.4. The lowest BCUT2D eigenvalue weighted by Crippen LogP contribution is -2.38. The number of nitrogens with zero attached hydrogens (tertiary/aromatic N) is 4. The van der Waals surface area contributed by atoms with Crippen LogP contribution in [0.2, 0.25) is 0 Å². The Hall–Kier alpha value is -6.98. The predicted octanol–water partition coefficient (Wildman–Crippen LogP) is 10.2. The first-order valence-corrected chi connectivity index (χ1v) is 17.9. The fourth-order valence-corrected chi connectivity index (χ4v) is 8.10. The molecule has 0 saturated carbocycles. The standard InChI is InChI=1S/C48H37N5/c49-42-31-32-45-43(33-42)46(51-53(45)48(39-25-13-4-14-26-39,40-27-15-5-16-28-40)41-29-17-6-18-30-41)44-34-52(35-50-44)47(36-19-7-1-8-20-36,37-21-9-2-10-22-37)38-23-11-3-12-24-38/h1-35H,49H2. The SMILES string of the molecule is Nc1ccc2c(c1)c(-c1cn(C(c3ccccc3)(c3ccccc3)c3ccccc3)cn1)nn2C(c1ccccc1)(c1ccccc1)c1ccccc1. The highest BCUT2D eigenvalue weighted by molar-refractivity contribution is 5.95. The quantitative estimate of drug-likeness (QED) is 0.122. The zero-order valence-electron chi connectivity index (χ0n) is 29.1. The van der Waals surface area contributed by atoms with Crippen LogP contribution in [-0.4, -0.2) is 19.3 Å².